The molecular formula is C22H21BrN4O4. The lowest BCUT2D eigenvalue weighted by atomic mass is 10.1. The summed E-state index contributed by atoms with van der Waals surface area (Å²) in [6, 6.07) is 14.6. The fourth-order valence-corrected chi connectivity index (χ4v) is 3.29. The molecule has 1 N–H and O–H groups in total. The number of pyridine rings is 1. The molecule has 8 nitrogen and oxygen atoms in total. The van der Waals surface area contributed by atoms with Crippen LogP contribution in [-0.2, 0) is 6.61 Å². The van der Waals surface area contributed by atoms with E-state index in [1.165, 1.54) is 18.3 Å². The molecule has 0 radical (unpaired) electrons. The summed E-state index contributed by atoms with van der Waals surface area (Å²) < 4.78 is 12.6. The van der Waals surface area contributed by atoms with Crippen LogP contribution in [0.1, 0.15) is 23.6 Å². The van der Waals surface area contributed by atoms with Crippen LogP contribution in [0, 0.1) is 17.0 Å². The highest BCUT2D eigenvalue weighted by molar-refractivity contribution is 9.10. The van der Waals surface area contributed by atoms with Crippen molar-refractivity contribution in [2.75, 3.05) is 12.0 Å². The zero-order valence-electron chi connectivity index (χ0n) is 17.0. The van der Waals surface area contributed by atoms with E-state index in [2.05, 4.69) is 31.4 Å². The van der Waals surface area contributed by atoms with Crippen LogP contribution < -0.4 is 14.9 Å². The molecule has 0 aliphatic carbocycles. The summed E-state index contributed by atoms with van der Waals surface area (Å²) in [6.45, 7) is 4.86. The number of nitrogens with one attached hydrogen (secondary N) is 1. The van der Waals surface area contributed by atoms with Crippen molar-refractivity contribution >= 4 is 33.6 Å². The van der Waals surface area contributed by atoms with E-state index in [9.17, 15) is 10.1 Å². The van der Waals surface area contributed by atoms with Gasteiger partial charge in [-0.3, -0.25) is 15.5 Å². The summed E-state index contributed by atoms with van der Waals surface area (Å²) in [4.78, 5) is 14.1. The molecule has 0 amide bonds. The standard InChI is InChI=1S/C22H21BrN4O4/c1-3-30-20-11-16(12-25-26-21-9-8-18(13-24-21)27(28)29)10-19(23)22(20)31-14-17-7-5-4-6-15(17)2/h4-13H,3,14H2,1-2H3,(H,24,26)/b25-12-. The van der Waals surface area contributed by atoms with Crippen molar-refractivity contribution in [3.8, 4) is 11.5 Å². The Bertz CT molecular complexity index is 1090. The van der Waals surface area contributed by atoms with Crippen molar-refractivity contribution < 1.29 is 14.4 Å². The smallest absolute Gasteiger partial charge is 0.287 e. The Morgan fingerprint density at radius 2 is 2.03 bits per heavy atom. The van der Waals surface area contributed by atoms with E-state index in [0.29, 0.717) is 30.5 Å². The molecule has 9 heteroatoms. The lowest BCUT2D eigenvalue weighted by molar-refractivity contribution is -0.385. The molecule has 0 bridgehead atoms. The van der Waals surface area contributed by atoms with E-state index in [1.54, 1.807) is 6.21 Å². The van der Waals surface area contributed by atoms with E-state index < -0.39 is 4.92 Å². The SMILES string of the molecule is CCOc1cc(/C=N\Nc2ccc([N+](=O)[O-])cn2)cc(Br)c1OCc1ccccc1C. The van der Waals surface area contributed by atoms with Crippen LogP contribution in [0.4, 0.5) is 11.5 Å². The molecule has 1 aromatic heterocycles. The number of hydrogen-bond donors (Lipinski definition) is 1. The van der Waals surface area contributed by atoms with Gasteiger partial charge in [-0.15, -0.1) is 0 Å². The predicted molar refractivity (Wildman–Crippen MR) is 123 cm³/mol. The van der Waals surface area contributed by atoms with Gasteiger partial charge >= 0.3 is 0 Å². The second-order valence-electron chi connectivity index (χ2n) is 6.51. The number of rotatable bonds is 9. The maximum atomic E-state index is 10.7. The topological polar surface area (TPSA) is 98.9 Å². The van der Waals surface area contributed by atoms with Crippen LogP contribution >= 0.6 is 15.9 Å². The number of ether oxygens (including phenoxy) is 2. The van der Waals surface area contributed by atoms with E-state index in [4.69, 9.17) is 9.47 Å². The fourth-order valence-electron chi connectivity index (χ4n) is 2.72. The number of aryl methyl sites for hydroxylation is 1. The van der Waals surface area contributed by atoms with Crippen LogP contribution in [0.15, 0.2) is 64.3 Å². The van der Waals surface area contributed by atoms with Crippen molar-refractivity contribution in [1.82, 2.24) is 4.98 Å². The molecule has 0 atom stereocenters. The van der Waals surface area contributed by atoms with Crippen LogP contribution in [0.25, 0.3) is 0 Å². The molecule has 0 fully saturated rings. The molecule has 0 unspecified atom stereocenters. The molecule has 0 aliphatic heterocycles. The Balaban J connectivity index is 1.73. The van der Waals surface area contributed by atoms with Gasteiger partial charge in [0.2, 0.25) is 0 Å². The number of hydrazone groups is 1. The monoisotopic (exact) mass is 484 g/mol. The molecule has 31 heavy (non-hydrogen) atoms. The van der Waals surface area contributed by atoms with Crippen LogP contribution in [0.2, 0.25) is 0 Å². The number of anilines is 1. The van der Waals surface area contributed by atoms with Gasteiger partial charge in [-0.1, -0.05) is 24.3 Å². The molecule has 2 aromatic carbocycles. The zero-order chi connectivity index (χ0) is 22.2. The fraction of sp³-hybridized carbons (Fsp3) is 0.182. The largest absolute Gasteiger partial charge is 0.490 e. The van der Waals surface area contributed by atoms with Crippen LogP contribution in [0.5, 0.6) is 11.5 Å². The first-order valence-electron chi connectivity index (χ1n) is 9.51. The highest BCUT2D eigenvalue weighted by Crippen LogP contribution is 2.37. The van der Waals surface area contributed by atoms with Gasteiger partial charge in [0.1, 0.15) is 18.6 Å². The number of benzene rings is 2. The van der Waals surface area contributed by atoms with Gasteiger partial charge in [-0.2, -0.15) is 5.10 Å². The van der Waals surface area contributed by atoms with E-state index in [1.807, 2.05) is 50.2 Å². The van der Waals surface area contributed by atoms with Gasteiger partial charge < -0.3 is 9.47 Å². The second kappa shape index (κ2) is 10.5. The molecule has 160 valence electrons. The number of hydrogen-bond acceptors (Lipinski definition) is 7. The van der Waals surface area contributed by atoms with E-state index >= 15 is 0 Å². The van der Waals surface area contributed by atoms with Crippen molar-refractivity contribution in [2.24, 2.45) is 5.10 Å². The van der Waals surface area contributed by atoms with Gasteiger partial charge in [0, 0.05) is 6.07 Å². The van der Waals surface area contributed by atoms with Crippen molar-refractivity contribution in [1.29, 1.82) is 0 Å². The lowest BCUT2D eigenvalue weighted by Crippen LogP contribution is -2.03. The van der Waals surface area contributed by atoms with Crippen molar-refractivity contribution in [2.45, 2.75) is 20.5 Å². The minimum absolute atomic E-state index is 0.0823. The number of nitro groups is 1. The molecular weight excluding hydrogens is 464 g/mol. The van der Waals surface area contributed by atoms with E-state index in [0.717, 1.165) is 21.2 Å². The first-order chi connectivity index (χ1) is 15.0. The molecule has 0 saturated heterocycles. The lowest BCUT2D eigenvalue weighted by Gasteiger charge is -2.15. The normalized spacial score (nSPS) is 10.8. The minimum Gasteiger partial charge on any atom is -0.490 e. The minimum atomic E-state index is -0.504. The summed E-state index contributed by atoms with van der Waals surface area (Å²) in [6.07, 6.45) is 2.77. The molecule has 3 rings (SSSR count). The molecule has 3 aromatic rings. The summed E-state index contributed by atoms with van der Waals surface area (Å²) in [5.41, 5.74) is 5.69. The Morgan fingerprint density at radius 3 is 2.71 bits per heavy atom. The average molecular weight is 485 g/mol. The van der Waals surface area contributed by atoms with Gasteiger partial charge in [0.05, 0.1) is 22.2 Å². The van der Waals surface area contributed by atoms with Gasteiger partial charge in [-0.05, 0) is 64.7 Å². The summed E-state index contributed by atoms with van der Waals surface area (Å²) in [5, 5.41) is 14.8. The Hall–Kier alpha value is -3.46. The number of aromatic nitrogens is 1. The van der Waals surface area contributed by atoms with Crippen molar-refractivity contribution in [3.05, 3.63) is 86.0 Å². The quantitative estimate of drug-likeness (QED) is 0.245. The van der Waals surface area contributed by atoms with E-state index in [-0.39, 0.29) is 5.69 Å². The Morgan fingerprint density at radius 1 is 1.23 bits per heavy atom. The third-order valence-electron chi connectivity index (χ3n) is 4.32. The first-order valence-corrected chi connectivity index (χ1v) is 10.3. The summed E-state index contributed by atoms with van der Waals surface area (Å²) >= 11 is 3.56. The number of nitrogens with zero attached hydrogens (tertiary/aromatic N) is 3. The third kappa shape index (κ3) is 6.02. The van der Waals surface area contributed by atoms with Crippen LogP contribution in [0.3, 0.4) is 0 Å². The number of halogens is 1. The summed E-state index contributed by atoms with van der Waals surface area (Å²) in [7, 11) is 0. The van der Waals surface area contributed by atoms with Gasteiger partial charge in [0.25, 0.3) is 5.69 Å². The second-order valence-corrected chi connectivity index (χ2v) is 7.36. The summed E-state index contributed by atoms with van der Waals surface area (Å²) in [5.74, 6) is 1.61. The highest BCUT2D eigenvalue weighted by Gasteiger charge is 2.13. The van der Waals surface area contributed by atoms with Gasteiger partial charge in [-0.25, -0.2) is 4.98 Å². The molecule has 0 saturated carbocycles. The Labute approximate surface area is 188 Å². The first kappa shape index (κ1) is 22.2. The highest BCUT2D eigenvalue weighted by atomic mass is 79.9. The predicted octanol–water partition coefficient (Wildman–Crippen LogP) is 5.48. The molecule has 1 heterocycles. The Kier molecular flexibility index (Phi) is 7.55. The van der Waals surface area contributed by atoms with Gasteiger partial charge in [0.15, 0.2) is 11.5 Å². The zero-order valence-corrected chi connectivity index (χ0v) is 18.6. The molecule has 0 aliphatic rings. The maximum absolute atomic E-state index is 10.7. The maximum Gasteiger partial charge on any atom is 0.287 e. The average Bonchev–Trinajstić information content (AvgIpc) is 2.75. The third-order valence-corrected chi connectivity index (χ3v) is 4.91. The molecule has 0 spiro atoms. The van der Waals surface area contributed by atoms with Crippen LogP contribution in [-0.4, -0.2) is 22.7 Å². The van der Waals surface area contributed by atoms with Crippen molar-refractivity contribution in [3.63, 3.8) is 0 Å².